The van der Waals surface area contributed by atoms with Crippen LogP contribution >= 0.6 is 0 Å². The van der Waals surface area contributed by atoms with E-state index in [1.165, 1.54) is 10.6 Å². The fourth-order valence-corrected chi connectivity index (χ4v) is 5.21. The summed E-state index contributed by atoms with van der Waals surface area (Å²) in [5.74, 6) is -5.14. The summed E-state index contributed by atoms with van der Waals surface area (Å²) >= 11 is 0. The normalized spacial score (nSPS) is 15.7. The van der Waals surface area contributed by atoms with Crippen LogP contribution in [0.4, 0.5) is 32.2 Å². The molecule has 232 valence electrons. The van der Waals surface area contributed by atoms with E-state index in [2.05, 4.69) is 15.3 Å². The number of para-hydroxylation sites is 1. The first kappa shape index (κ1) is 33.0. The van der Waals surface area contributed by atoms with Gasteiger partial charge in [0.05, 0.1) is 17.9 Å². The number of carbonyl (C=O) groups excluding carboxylic acids is 1. The molecule has 3 N–H and O–H groups in total. The monoisotopic (exact) mass is 637 g/mol. The van der Waals surface area contributed by atoms with Crippen molar-refractivity contribution in [3.05, 3.63) is 66.4 Å². The zero-order valence-electron chi connectivity index (χ0n) is 21.5. The fourth-order valence-electron chi connectivity index (χ4n) is 3.55. The van der Waals surface area contributed by atoms with Crippen LogP contribution in [0.15, 0.2) is 59.9 Å². The third-order valence-electron chi connectivity index (χ3n) is 5.70. The molecule has 1 amide bonds. The van der Waals surface area contributed by atoms with Gasteiger partial charge < -0.3 is 15.5 Å². The molecule has 1 aliphatic carbocycles. The van der Waals surface area contributed by atoms with Gasteiger partial charge >= 0.3 is 24.3 Å². The van der Waals surface area contributed by atoms with Crippen LogP contribution in [0.25, 0.3) is 5.69 Å². The van der Waals surface area contributed by atoms with E-state index in [0.717, 1.165) is 12.8 Å². The number of carbonyl (C=O) groups is 3. The fraction of sp³-hybridized carbons (Fsp3) is 0.292. The third-order valence-corrected chi connectivity index (χ3v) is 7.56. The smallest absolute Gasteiger partial charge is 0.475 e. The second-order valence-corrected chi connectivity index (χ2v) is 10.8. The maximum atomic E-state index is 13.3. The first-order chi connectivity index (χ1) is 19.9. The van der Waals surface area contributed by atoms with Gasteiger partial charge in [-0.25, -0.2) is 28.0 Å². The number of amides is 1. The molecule has 2 aliphatic rings. The molecule has 1 saturated carbocycles. The molecule has 5 rings (SSSR count). The maximum absolute atomic E-state index is 13.3. The van der Waals surface area contributed by atoms with Crippen LogP contribution in [-0.4, -0.2) is 74.2 Å². The number of aliphatic carboxylic acids is 2. The Hall–Kier alpha value is -4.52. The zero-order valence-corrected chi connectivity index (χ0v) is 22.3. The number of benzene rings is 1. The summed E-state index contributed by atoms with van der Waals surface area (Å²) in [6.07, 6.45) is -5.01. The van der Waals surface area contributed by atoms with Gasteiger partial charge in [-0.15, -0.1) is 0 Å². The van der Waals surface area contributed by atoms with E-state index in [4.69, 9.17) is 19.8 Å². The molecule has 1 aromatic carbocycles. The van der Waals surface area contributed by atoms with Crippen molar-refractivity contribution in [2.75, 3.05) is 11.9 Å². The Balaban J connectivity index is 0.000000303. The van der Waals surface area contributed by atoms with Gasteiger partial charge in [-0.1, -0.05) is 18.2 Å². The minimum absolute atomic E-state index is 0.0957. The first-order valence-corrected chi connectivity index (χ1v) is 13.3. The maximum Gasteiger partial charge on any atom is 0.490 e. The molecule has 43 heavy (non-hydrogen) atoms. The molecule has 19 heteroatoms. The van der Waals surface area contributed by atoms with Gasteiger partial charge in [-0.2, -0.15) is 30.6 Å². The molecule has 12 nitrogen and oxygen atoms in total. The Bertz CT molecular complexity index is 1570. The topological polar surface area (TPSA) is 172 Å². The minimum atomic E-state index is -5.08. The summed E-state index contributed by atoms with van der Waals surface area (Å²) in [5, 5.41) is 17.0. The van der Waals surface area contributed by atoms with Gasteiger partial charge in [0.25, 0.3) is 5.91 Å². The lowest BCUT2D eigenvalue weighted by molar-refractivity contribution is -0.193. The van der Waals surface area contributed by atoms with Gasteiger partial charge in [0.2, 0.25) is 10.0 Å². The number of nitrogens with one attached hydrogen (secondary N) is 1. The van der Waals surface area contributed by atoms with Crippen molar-refractivity contribution < 1.29 is 59.4 Å². The van der Waals surface area contributed by atoms with Crippen LogP contribution in [0.1, 0.15) is 29.0 Å². The average Bonchev–Trinajstić information content (AvgIpc) is 3.66. The molecule has 0 spiro atoms. The number of imidazole rings is 1. The highest BCUT2D eigenvalue weighted by molar-refractivity contribution is 7.89. The van der Waals surface area contributed by atoms with Crippen molar-refractivity contribution in [2.45, 2.75) is 36.6 Å². The molecule has 1 fully saturated rings. The highest BCUT2D eigenvalue weighted by Crippen LogP contribution is 2.36. The van der Waals surface area contributed by atoms with E-state index in [1.807, 2.05) is 0 Å². The van der Waals surface area contributed by atoms with E-state index in [-0.39, 0.29) is 17.1 Å². The molecule has 0 saturated heterocycles. The number of nitrogens with zero attached hydrogens (tertiary/aromatic N) is 4. The van der Waals surface area contributed by atoms with E-state index < -0.39 is 40.2 Å². The summed E-state index contributed by atoms with van der Waals surface area (Å²) < 4.78 is 93.3. The highest BCUT2D eigenvalue weighted by Gasteiger charge is 2.39. The predicted molar refractivity (Wildman–Crippen MR) is 133 cm³/mol. The minimum Gasteiger partial charge on any atom is -0.475 e. The summed E-state index contributed by atoms with van der Waals surface area (Å²) in [6.45, 7) is 0.543. The van der Waals surface area contributed by atoms with E-state index in [9.17, 15) is 39.6 Å². The van der Waals surface area contributed by atoms with Crippen molar-refractivity contribution in [2.24, 2.45) is 5.92 Å². The van der Waals surface area contributed by atoms with Gasteiger partial charge in [0.1, 0.15) is 17.0 Å². The van der Waals surface area contributed by atoms with Crippen molar-refractivity contribution in [1.29, 1.82) is 0 Å². The Morgan fingerprint density at radius 3 is 1.98 bits per heavy atom. The Kier molecular flexibility index (Phi) is 9.80. The number of fused-ring (bicyclic) bond motifs is 3. The summed E-state index contributed by atoms with van der Waals surface area (Å²) in [7, 11) is -3.67. The lowest BCUT2D eigenvalue weighted by Crippen LogP contribution is -2.32. The Labute approximate surface area is 238 Å². The molecule has 2 aromatic heterocycles. The number of alkyl halides is 6. The number of hydrogen-bond donors (Lipinski definition) is 3. The van der Waals surface area contributed by atoms with Crippen LogP contribution < -0.4 is 5.32 Å². The van der Waals surface area contributed by atoms with Crippen LogP contribution in [0.5, 0.6) is 0 Å². The van der Waals surface area contributed by atoms with E-state index >= 15 is 0 Å². The standard InChI is InChI=1S/C20H19N5O3S.2C2HF3O2/c26-20(23-18-7-3-4-10-21-18)19-16-12-24(11-14-8-9-14)29(27,28)17-6-2-1-5-15(17)25(16)13-22-19;2*3-2(4,5)1(6)7/h1-7,10,13-14H,8-9,11-12H2,(H,21,23,26);2*(H,6,7). The molecule has 3 aromatic rings. The number of aromatic nitrogens is 3. The van der Waals surface area contributed by atoms with Gasteiger partial charge in [-0.05, 0) is 43.0 Å². The summed E-state index contributed by atoms with van der Waals surface area (Å²) in [5.41, 5.74) is 1.25. The number of carboxylic acids is 2. The molecule has 0 bridgehead atoms. The summed E-state index contributed by atoms with van der Waals surface area (Å²) in [6, 6.07) is 12.1. The highest BCUT2D eigenvalue weighted by atomic mass is 32.2. The molecule has 0 radical (unpaired) electrons. The van der Waals surface area contributed by atoms with E-state index in [0.29, 0.717) is 29.7 Å². The zero-order chi connectivity index (χ0) is 32.2. The van der Waals surface area contributed by atoms with Gasteiger partial charge in [0.15, 0.2) is 5.69 Å². The first-order valence-electron chi connectivity index (χ1n) is 11.9. The molecule has 0 atom stereocenters. The second-order valence-electron chi connectivity index (χ2n) is 8.89. The molecule has 1 aliphatic heterocycles. The van der Waals surface area contributed by atoms with E-state index in [1.54, 1.807) is 53.2 Å². The van der Waals surface area contributed by atoms with Crippen LogP contribution in [0.3, 0.4) is 0 Å². The Morgan fingerprint density at radius 2 is 1.47 bits per heavy atom. The SMILES string of the molecule is O=C(Nc1ccccn1)c1ncn2c1CN(CC1CC1)S(=O)(=O)c1ccccc1-2.O=C(O)C(F)(F)F.O=C(O)C(F)(F)F. The number of carboxylic acid groups (broad SMARTS) is 2. The largest absolute Gasteiger partial charge is 0.490 e. The van der Waals surface area contributed by atoms with Crippen molar-refractivity contribution in [1.82, 2.24) is 18.8 Å². The number of pyridine rings is 1. The Morgan fingerprint density at radius 1 is 0.907 bits per heavy atom. The molecule has 0 unspecified atom stereocenters. The van der Waals surface area contributed by atoms with Crippen LogP contribution in [0, 0.1) is 5.92 Å². The van der Waals surface area contributed by atoms with Crippen molar-refractivity contribution in [3.8, 4) is 5.69 Å². The number of rotatable bonds is 4. The van der Waals surface area contributed by atoms with Gasteiger partial charge in [-0.3, -0.25) is 9.36 Å². The lowest BCUT2D eigenvalue weighted by atomic mass is 10.2. The lowest BCUT2D eigenvalue weighted by Gasteiger charge is -2.20. The average molecular weight is 638 g/mol. The van der Waals surface area contributed by atoms with Crippen LogP contribution in [0.2, 0.25) is 0 Å². The number of sulfonamides is 1. The molecule has 3 heterocycles. The predicted octanol–water partition coefficient (Wildman–Crippen LogP) is 3.70. The summed E-state index contributed by atoms with van der Waals surface area (Å²) in [4.78, 5) is 39.3. The number of anilines is 1. The third kappa shape index (κ3) is 8.51. The van der Waals surface area contributed by atoms with Gasteiger partial charge in [0, 0.05) is 12.7 Å². The van der Waals surface area contributed by atoms with Crippen molar-refractivity contribution >= 4 is 33.7 Å². The molecular weight excluding hydrogens is 616 g/mol. The number of halogens is 6. The van der Waals surface area contributed by atoms with Crippen molar-refractivity contribution in [3.63, 3.8) is 0 Å². The second kappa shape index (κ2) is 12.8. The number of hydrogen-bond acceptors (Lipinski definition) is 7. The quantitative estimate of drug-likeness (QED) is 0.361. The van der Waals surface area contributed by atoms with Crippen LogP contribution in [-0.2, 0) is 26.2 Å². The molecular formula is C24H21F6N5O7S.